The zero-order chi connectivity index (χ0) is 19.4. The summed E-state index contributed by atoms with van der Waals surface area (Å²) in [6.07, 6.45) is 0. The van der Waals surface area contributed by atoms with Crippen molar-refractivity contribution >= 4 is 17.4 Å². The molecule has 1 amide bonds. The van der Waals surface area contributed by atoms with Crippen LogP contribution in [0.2, 0.25) is 0 Å². The average Bonchev–Trinajstić information content (AvgIpc) is 3.02. The number of nitrogens with one attached hydrogen (secondary N) is 1. The highest BCUT2D eigenvalue weighted by molar-refractivity contribution is 5.93. The van der Waals surface area contributed by atoms with E-state index in [1.165, 1.54) is 12.1 Å². The van der Waals surface area contributed by atoms with E-state index in [0.717, 1.165) is 11.4 Å². The first kappa shape index (κ1) is 18.4. The summed E-state index contributed by atoms with van der Waals surface area (Å²) < 4.78 is 20.1. The minimum Gasteiger partial charge on any atom is -0.495 e. The molecule has 3 aromatic rings. The number of rotatable bonds is 6. The van der Waals surface area contributed by atoms with Crippen LogP contribution in [-0.2, 0) is 4.79 Å². The van der Waals surface area contributed by atoms with Gasteiger partial charge in [0, 0.05) is 13.1 Å². The molecule has 0 saturated carbocycles. The van der Waals surface area contributed by atoms with E-state index in [4.69, 9.17) is 4.74 Å². The third-order valence-corrected chi connectivity index (χ3v) is 4.05. The van der Waals surface area contributed by atoms with Crippen molar-refractivity contribution in [3.8, 4) is 11.4 Å². The molecular weight excluding hydrogens is 347 g/mol. The number of carbonyl (C=O) groups is 1. The first-order chi connectivity index (χ1) is 13.0. The number of ether oxygens (including phenoxy) is 1. The van der Waals surface area contributed by atoms with E-state index >= 15 is 0 Å². The number of para-hydroxylation sites is 2. The number of amides is 1. The molecule has 0 aliphatic carbocycles. The maximum atomic E-state index is 13.2. The normalized spacial score (nSPS) is 10.5. The van der Waals surface area contributed by atoms with E-state index in [9.17, 15) is 9.18 Å². The van der Waals surface area contributed by atoms with Gasteiger partial charge in [0.15, 0.2) is 0 Å². The summed E-state index contributed by atoms with van der Waals surface area (Å²) in [7, 11) is 3.41. The Hall–Kier alpha value is -3.35. The van der Waals surface area contributed by atoms with E-state index in [1.54, 1.807) is 34.9 Å². The lowest BCUT2D eigenvalue weighted by molar-refractivity contribution is -0.115. The van der Waals surface area contributed by atoms with Gasteiger partial charge in [0.1, 0.15) is 17.4 Å². The van der Waals surface area contributed by atoms with Crippen LogP contribution in [-0.4, -0.2) is 36.4 Å². The molecule has 0 saturated heterocycles. The van der Waals surface area contributed by atoms with Crippen molar-refractivity contribution in [3.05, 3.63) is 66.1 Å². The summed E-state index contributed by atoms with van der Waals surface area (Å²) in [6, 6.07) is 15.2. The third-order valence-electron chi connectivity index (χ3n) is 4.05. The molecule has 0 bridgehead atoms. The maximum absolute atomic E-state index is 13.2. The minimum absolute atomic E-state index is 0.133. The van der Waals surface area contributed by atoms with Crippen molar-refractivity contribution in [2.75, 3.05) is 30.9 Å². The molecule has 3 rings (SSSR count). The molecule has 1 N–H and O–H groups in total. The smallest absolute Gasteiger partial charge is 0.245 e. The predicted molar refractivity (Wildman–Crippen MR) is 103 cm³/mol. The highest BCUT2D eigenvalue weighted by Gasteiger charge is 2.15. The van der Waals surface area contributed by atoms with Gasteiger partial charge in [-0.1, -0.05) is 12.1 Å². The van der Waals surface area contributed by atoms with Crippen LogP contribution in [0.5, 0.6) is 5.75 Å². The fourth-order valence-electron chi connectivity index (χ4n) is 2.80. The van der Waals surface area contributed by atoms with E-state index < -0.39 is 0 Å². The number of likely N-dealkylation sites (N-methyl/N-ethyl adjacent to an activating group) is 1. The summed E-state index contributed by atoms with van der Waals surface area (Å²) in [5, 5.41) is 7.24. The molecule has 6 nitrogen and oxygen atoms in total. The van der Waals surface area contributed by atoms with Gasteiger partial charge in [-0.25, -0.2) is 9.07 Å². The Morgan fingerprint density at radius 2 is 1.93 bits per heavy atom. The van der Waals surface area contributed by atoms with E-state index in [-0.39, 0.29) is 18.3 Å². The molecule has 1 aromatic heterocycles. The van der Waals surface area contributed by atoms with Gasteiger partial charge in [0.05, 0.1) is 30.7 Å². The fraction of sp³-hybridized carbons (Fsp3) is 0.200. The summed E-state index contributed by atoms with van der Waals surface area (Å²) in [6.45, 7) is 1.96. The van der Waals surface area contributed by atoms with Crippen LogP contribution >= 0.6 is 0 Å². The molecule has 0 aliphatic rings. The second kappa shape index (κ2) is 7.90. The number of hydrogen-bond donors (Lipinski definition) is 1. The van der Waals surface area contributed by atoms with Gasteiger partial charge in [-0.15, -0.1) is 0 Å². The standard InChI is InChI=1S/C20H21FN4O2/c1-14-12-19(25(23-14)16-10-8-15(21)9-11-16)22-20(26)13-24(2)17-6-4-5-7-18(17)27-3/h4-12H,13H2,1-3H3,(H,22,26). The molecule has 1 heterocycles. The highest BCUT2D eigenvalue weighted by Crippen LogP contribution is 2.26. The Balaban J connectivity index is 1.76. The van der Waals surface area contributed by atoms with Crippen molar-refractivity contribution < 1.29 is 13.9 Å². The molecular formula is C20H21FN4O2. The Labute approximate surface area is 157 Å². The van der Waals surface area contributed by atoms with Crippen LogP contribution in [0.4, 0.5) is 15.9 Å². The maximum Gasteiger partial charge on any atom is 0.245 e. The number of benzene rings is 2. The third kappa shape index (κ3) is 4.25. The van der Waals surface area contributed by atoms with Crippen LogP contribution in [0, 0.1) is 12.7 Å². The fourth-order valence-corrected chi connectivity index (χ4v) is 2.80. The van der Waals surface area contributed by atoms with Crippen LogP contribution in [0.15, 0.2) is 54.6 Å². The van der Waals surface area contributed by atoms with Gasteiger partial charge in [-0.05, 0) is 43.3 Å². The SMILES string of the molecule is COc1ccccc1N(C)CC(=O)Nc1cc(C)nn1-c1ccc(F)cc1. The molecule has 2 aromatic carbocycles. The van der Waals surface area contributed by atoms with Gasteiger partial charge in [-0.2, -0.15) is 5.10 Å². The highest BCUT2D eigenvalue weighted by atomic mass is 19.1. The van der Waals surface area contributed by atoms with E-state index in [2.05, 4.69) is 10.4 Å². The second-order valence-electron chi connectivity index (χ2n) is 6.14. The van der Waals surface area contributed by atoms with E-state index in [0.29, 0.717) is 17.3 Å². The quantitative estimate of drug-likeness (QED) is 0.724. The number of nitrogens with zero attached hydrogens (tertiary/aromatic N) is 3. The number of halogens is 1. The van der Waals surface area contributed by atoms with Crippen LogP contribution in [0.1, 0.15) is 5.69 Å². The Morgan fingerprint density at radius 1 is 1.22 bits per heavy atom. The minimum atomic E-state index is -0.327. The zero-order valence-electron chi connectivity index (χ0n) is 15.4. The van der Waals surface area contributed by atoms with Gasteiger partial charge < -0.3 is 15.0 Å². The molecule has 27 heavy (non-hydrogen) atoms. The Kier molecular flexibility index (Phi) is 5.40. The number of aryl methyl sites for hydroxylation is 1. The number of hydrogen-bond acceptors (Lipinski definition) is 4. The van der Waals surface area contributed by atoms with Gasteiger partial charge in [-0.3, -0.25) is 4.79 Å². The summed E-state index contributed by atoms with van der Waals surface area (Å²) in [4.78, 5) is 14.4. The molecule has 0 fully saturated rings. The lowest BCUT2D eigenvalue weighted by atomic mass is 10.2. The number of methoxy groups -OCH3 is 1. The van der Waals surface area contributed by atoms with Crippen molar-refractivity contribution in [3.63, 3.8) is 0 Å². The number of anilines is 2. The molecule has 140 valence electrons. The van der Waals surface area contributed by atoms with Crippen LogP contribution in [0.3, 0.4) is 0 Å². The number of carbonyl (C=O) groups excluding carboxylic acids is 1. The lowest BCUT2D eigenvalue weighted by Crippen LogP contribution is -2.30. The molecule has 0 radical (unpaired) electrons. The second-order valence-corrected chi connectivity index (χ2v) is 6.14. The monoisotopic (exact) mass is 368 g/mol. The van der Waals surface area contributed by atoms with Gasteiger partial charge in [0.2, 0.25) is 5.91 Å². The van der Waals surface area contributed by atoms with Gasteiger partial charge in [0.25, 0.3) is 0 Å². The summed E-state index contributed by atoms with van der Waals surface area (Å²) in [5.74, 6) is 0.691. The van der Waals surface area contributed by atoms with Gasteiger partial charge >= 0.3 is 0 Å². The van der Waals surface area contributed by atoms with Crippen molar-refractivity contribution in [1.82, 2.24) is 9.78 Å². The first-order valence-corrected chi connectivity index (χ1v) is 8.44. The number of aromatic nitrogens is 2. The molecule has 0 spiro atoms. The Bertz CT molecular complexity index is 937. The predicted octanol–water partition coefficient (Wildman–Crippen LogP) is 3.40. The zero-order valence-corrected chi connectivity index (χ0v) is 15.4. The summed E-state index contributed by atoms with van der Waals surface area (Å²) >= 11 is 0. The van der Waals surface area contributed by atoms with Crippen LogP contribution in [0.25, 0.3) is 5.69 Å². The Morgan fingerprint density at radius 3 is 2.63 bits per heavy atom. The topological polar surface area (TPSA) is 59.4 Å². The van der Waals surface area contributed by atoms with Crippen molar-refractivity contribution in [2.24, 2.45) is 0 Å². The van der Waals surface area contributed by atoms with Crippen molar-refractivity contribution in [1.29, 1.82) is 0 Å². The first-order valence-electron chi connectivity index (χ1n) is 8.44. The average molecular weight is 368 g/mol. The molecule has 0 aliphatic heterocycles. The molecule has 7 heteroatoms. The van der Waals surface area contributed by atoms with Crippen molar-refractivity contribution in [2.45, 2.75) is 6.92 Å². The van der Waals surface area contributed by atoms with Crippen LogP contribution < -0.4 is 15.0 Å². The lowest BCUT2D eigenvalue weighted by Gasteiger charge is -2.21. The summed E-state index contributed by atoms with van der Waals surface area (Å²) in [5.41, 5.74) is 2.23. The molecule has 0 atom stereocenters. The van der Waals surface area contributed by atoms with E-state index in [1.807, 2.05) is 38.2 Å². The molecule has 0 unspecified atom stereocenters. The largest absolute Gasteiger partial charge is 0.495 e.